The SMILES string of the molecule is Cn1nc(C2CCN(C(=O)c3ccccc3F)CC2)c2nccnc21. The van der Waals surface area contributed by atoms with E-state index in [1.54, 1.807) is 34.1 Å². The number of nitrogens with zero attached hydrogens (tertiary/aromatic N) is 5. The molecule has 6 nitrogen and oxygen atoms in total. The van der Waals surface area contributed by atoms with Gasteiger partial charge < -0.3 is 4.90 Å². The van der Waals surface area contributed by atoms with Crippen LogP contribution in [0.5, 0.6) is 0 Å². The fraction of sp³-hybridized carbons (Fsp3) is 0.333. The van der Waals surface area contributed by atoms with Gasteiger partial charge in [0.1, 0.15) is 11.3 Å². The fourth-order valence-corrected chi connectivity index (χ4v) is 3.44. The molecule has 7 heteroatoms. The Morgan fingerprint density at radius 3 is 2.64 bits per heavy atom. The Balaban J connectivity index is 1.52. The van der Waals surface area contributed by atoms with Crippen molar-refractivity contribution in [2.24, 2.45) is 7.05 Å². The summed E-state index contributed by atoms with van der Waals surface area (Å²) in [6, 6.07) is 6.12. The minimum absolute atomic E-state index is 0.134. The van der Waals surface area contributed by atoms with Gasteiger partial charge in [-0.25, -0.2) is 19.0 Å². The molecule has 3 heterocycles. The number of carbonyl (C=O) groups is 1. The summed E-state index contributed by atoms with van der Waals surface area (Å²) in [6.07, 6.45) is 4.89. The zero-order valence-corrected chi connectivity index (χ0v) is 13.9. The van der Waals surface area contributed by atoms with Gasteiger partial charge >= 0.3 is 0 Å². The number of aromatic nitrogens is 4. The van der Waals surface area contributed by atoms with Gasteiger partial charge in [0, 0.05) is 38.4 Å². The second-order valence-electron chi connectivity index (χ2n) is 6.28. The van der Waals surface area contributed by atoms with E-state index in [1.807, 2.05) is 7.05 Å². The summed E-state index contributed by atoms with van der Waals surface area (Å²) < 4.78 is 15.6. The molecule has 1 fully saturated rings. The van der Waals surface area contributed by atoms with Gasteiger partial charge in [-0.1, -0.05) is 12.1 Å². The zero-order valence-electron chi connectivity index (χ0n) is 13.9. The first-order chi connectivity index (χ1) is 12.1. The number of carbonyl (C=O) groups excluding carboxylic acids is 1. The van der Waals surface area contributed by atoms with Crippen LogP contribution in [-0.4, -0.2) is 43.6 Å². The molecule has 0 unspecified atom stereocenters. The van der Waals surface area contributed by atoms with E-state index in [-0.39, 0.29) is 17.4 Å². The molecule has 0 atom stereocenters. The molecule has 0 radical (unpaired) electrons. The number of hydrogen-bond donors (Lipinski definition) is 0. The van der Waals surface area contributed by atoms with Gasteiger partial charge in [0.2, 0.25) is 0 Å². The van der Waals surface area contributed by atoms with Crippen molar-refractivity contribution in [1.82, 2.24) is 24.6 Å². The number of likely N-dealkylation sites (tertiary alicyclic amines) is 1. The molecule has 4 rings (SSSR count). The van der Waals surface area contributed by atoms with E-state index in [1.165, 1.54) is 12.1 Å². The number of piperidine rings is 1. The Bertz CT molecular complexity index is 930. The highest BCUT2D eigenvalue weighted by Crippen LogP contribution is 2.31. The second kappa shape index (κ2) is 6.23. The topological polar surface area (TPSA) is 63.9 Å². The van der Waals surface area contributed by atoms with Crippen molar-refractivity contribution in [3.8, 4) is 0 Å². The lowest BCUT2D eigenvalue weighted by Gasteiger charge is -2.31. The highest BCUT2D eigenvalue weighted by Gasteiger charge is 2.29. The van der Waals surface area contributed by atoms with Crippen LogP contribution in [0.25, 0.3) is 11.2 Å². The molecule has 3 aromatic rings. The van der Waals surface area contributed by atoms with Gasteiger partial charge in [-0.2, -0.15) is 5.10 Å². The molecule has 128 valence electrons. The van der Waals surface area contributed by atoms with E-state index in [0.29, 0.717) is 13.1 Å². The van der Waals surface area contributed by atoms with Crippen LogP contribution < -0.4 is 0 Å². The minimum atomic E-state index is -0.472. The molecular weight excluding hydrogens is 321 g/mol. The van der Waals surface area contributed by atoms with Crippen LogP contribution in [0.2, 0.25) is 0 Å². The average Bonchev–Trinajstić information content (AvgIpc) is 2.99. The molecule has 1 aliphatic rings. The quantitative estimate of drug-likeness (QED) is 0.720. The molecule has 1 amide bonds. The predicted molar refractivity (Wildman–Crippen MR) is 90.6 cm³/mol. The molecule has 1 aliphatic heterocycles. The third-order valence-electron chi connectivity index (χ3n) is 4.76. The molecule has 2 aromatic heterocycles. The highest BCUT2D eigenvalue weighted by molar-refractivity contribution is 5.94. The first-order valence-electron chi connectivity index (χ1n) is 8.32. The molecule has 0 bridgehead atoms. The van der Waals surface area contributed by atoms with Gasteiger partial charge in [-0.05, 0) is 25.0 Å². The third kappa shape index (κ3) is 2.75. The normalized spacial score (nSPS) is 15.7. The van der Waals surface area contributed by atoms with E-state index >= 15 is 0 Å². The van der Waals surface area contributed by atoms with Crippen LogP contribution in [0.3, 0.4) is 0 Å². The molecule has 25 heavy (non-hydrogen) atoms. The largest absolute Gasteiger partial charge is 0.339 e. The molecule has 1 aromatic carbocycles. The summed E-state index contributed by atoms with van der Waals surface area (Å²) in [4.78, 5) is 23.0. The van der Waals surface area contributed by atoms with Crippen molar-refractivity contribution >= 4 is 17.1 Å². The summed E-state index contributed by atoms with van der Waals surface area (Å²) in [5.74, 6) is -0.493. The lowest BCUT2D eigenvalue weighted by Crippen LogP contribution is -2.38. The Morgan fingerprint density at radius 1 is 1.16 bits per heavy atom. The summed E-state index contributed by atoms with van der Waals surface area (Å²) in [5, 5.41) is 4.58. The van der Waals surface area contributed by atoms with Gasteiger partial charge in [0.05, 0.1) is 11.3 Å². The van der Waals surface area contributed by atoms with Gasteiger partial charge in [-0.3, -0.25) is 4.79 Å². The number of amides is 1. The van der Waals surface area contributed by atoms with Crippen molar-refractivity contribution in [2.75, 3.05) is 13.1 Å². The maximum Gasteiger partial charge on any atom is 0.256 e. The number of fused-ring (bicyclic) bond motifs is 1. The van der Waals surface area contributed by atoms with E-state index in [2.05, 4.69) is 15.1 Å². The molecular formula is C18H18FN5O. The van der Waals surface area contributed by atoms with Crippen molar-refractivity contribution in [2.45, 2.75) is 18.8 Å². The van der Waals surface area contributed by atoms with Crippen LogP contribution in [0.1, 0.15) is 34.8 Å². The molecule has 0 N–H and O–H groups in total. The maximum absolute atomic E-state index is 13.8. The first-order valence-corrected chi connectivity index (χ1v) is 8.32. The minimum Gasteiger partial charge on any atom is -0.339 e. The van der Waals surface area contributed by atoms with E-state index in [4.69, 9.17) is 0 Å². The van der Waals surface area contributed by atoms with Crippen molar-refractivity contribution in [3.63, 3.8) is 0 Å². The molecule has 0 saturated carbocycles. The van der Waals surface area contributed by atoms with E-state index in [9.17, 15) is 9.18 Å². The monoisotopic (exact) mass is 339 g/mol. The van der Waals surface area contributed by atoms with Crippen LogP contribution in [0.15, 0.2) is 36.7 Å². The number of rotatable bonds is 2. The third-order valence-corrected chi connectivity index (χ3v) is 4.76. The number of benzene rings is 1. The Hall–Kier alpha value is -2.83. The summed E-state index contributed by atoms with van der Waals surface area (Å²) in [5.41, 5.74) is 2.66. The van der Waals surface area contributed by atoms with Gasteiger partial charge in [0.25, 0.3) is 5.91 Å². The van der Waals surface area contributed by atoms with Crippen LogP contribution >= 0.6 is 0 Å². The van der Waals surface area contributed by atoms with Gasteiger partial charge in [0.15, 0.2) is 5.65 Å². The first kappa shape index (κ1) is 15.7. The summed E-state index contributed by atoms with van der Waals surface area (Å²) in [6.45, 7) is 1.16. The Labute approximate surface area is 144 Å². The van der Waals surface area contributed by atoms with Crippen LogP contribution in [0.4, 0.5) is 4.39 Å². The van der Waals surface area contributed by atoms with Crippen molar-refractivity contribution in [1.29, 1.82) is 0 Å². The predicted octanol–water partition coefficient (Wildman–Crippen LogP) is 2.52. The average molecular weight is 339 g/mol. The molecule has 1 saturated heterocycles. The second-order valence-corrected chi connectivity index (χ2v) is 6.28. The lowest BCUT2D eigenvalue weighted by atomic mass is 9.92. The van der Waals surface area contributed by atoms with E-state index < -0.39 is 5.82 Å². The van der Waals surface area contributed by atoms with Crippen molar-refractivity contribution in [3.05, 3.63) is 53.7 Å². The maximum atomic E-state index is 13.8. The number of halogens is 1. The smallest absolute Gasteiger partial charge is 0.256 e. The zero-order chi connectivity index (χ0) is 17.4. The molecule has 0 spiro atoms. The standard InChI is InChI=1S/C18H18FN5O/c1-23-17-16(20-8-9-21-17)15(22-23)12-6-10-24(11-7-12)18(25)13-4-2-3-5-14(13)19/h2-5,8-9,12H,6-7,10-11H2,1H3. The van der Waals surface area contributed by atoms with Crippen LogP contribution in [-0.2, 0) is 7.05 Å². The van der Waals surface area contributed by atoms with Crippen molar-refractivity contribution < 1.29 is 9.18 Å². The fourth-order valence-electron chi connectivity index (χ4n) is 3.44. The highest BCUT2D eigenvalue weighted by atomic mass is 19.1. The van der Waals surface area contributed by atoms with Gasteiger partial charge in [-0.15, -0.1) is 0 Å². The summed E-state index contributed by atoms with van der Waals surface area (Å²) in [7, 11) is 1.86. The van der Waals surface area contributed by atoms with Crippen LogP contribution in [0, 0.1) is 5.82 Å². The molecule has 0 aliphatic carbocycles. The number of aryl methyl sites for hydroxylation is 1. The van der Waals surface area contributed by atoms with E-state index in [0.717, 1.165) is 29.7 Å². The summed E-state index contributed by atoms with van der Waals surface area (Å²) >= 11 is 0. The lowest BCUT2D eigenvalue weighted by molar-refractivity contribution is 0.0707. The Morgan fingerprint density at radius 2 is 1.88 bits per heavy atom. The number of hydrogen-bond acceptors (Lipinski definition) is 4. The Kier molecular flexibility index (Phi) is 3.91.